The topological polar surface area (TPSA) is 156 Å². The fourth-order valence-corrected chi connectivity index (χ4v) is 9.15. The zero-order valence-corrected chi connectivity index (χ0v) is 32.7. The van der Waals surface area contributed by atoms with Gasteiger partial charge >= 0.3 is 0 Å². The maximum Gasteiger partial charge on any atom is 0.255 e. The first kappa shape index (κ1) is 37.8. The van der Waals surface area contributed by atoms with E-state index in [1.807, 2.05) is 40.7 Å². The van der Waals surface area contributed by atoms with Crippen LogP contribution in [0, 0.1) is 18.6 Å². The number of piperidine rings is 1. The minimum atomic E-state index is -2.69. The summed E-state index contributed by atoms with van der Waals surface area (Å²) in [6.07, 6.45) is 0.760. The van der Waals surface area contributed by atoms with E-state index in [0.29, 0.717) is 47.8 Å². The standard InChI is InChI=1S/C40H39F4N13O3/c1-20-47-28-9-10-45-34-27-5-4-6-33(49-27)48-22-12-30(38(58)52(2)17-24(60-3)18-54(20)35(28)34)55(15-22)36-25-14-46-57(29-8-7-21(41)11-26(29)42)37(25)51-40(50-36)56-23-13-31(56)39(59)53(16-23)19-32(43)44/h4-11,14,22-24,30-32H,12-13,15-19H2,1-3H3,(H,48,49)/t22-,23+,24-,30-,31-/m0/s1. The number of rotatable bonds is 6. The zero-order chi connectivity index (χ0) is 41.6. The zero-order valence-electron chi connectivity index (χ0n) is 32.7. The number of pyridine rings is 2. The normalized spacial score (nSPS) is 23.0. The molecular formula is C40H39F4N13O3. The third-order valence-corrected chi connectivity index (χ3v) is 12.0. The Balaban J connectivity index is 1.09. The van der Waals surface area contributed by atoms with Crippen molar-refractivity contribution in [3.05, 3.63) is 72.3 Å². The summed E-state index contributed by atoms with van der Waals surface area (Å²) < 4.78 is 65.6. The van der Waals surface area contributed by atoms with Crippen LogP contribution in [0.25, 0.3) is 39.1 Å². The van der Waals surface area contributed by atoms with Crippen molar-refractivity contribution in [2.75, 3.05) is 55.5 Å². The molecule has 60 heavy (non-hydrogen) atoms. The second-order valence-electron chi connectivity index (χ2n) is 15.7. The van der Waals surface area contributed by atoms with Crippen LogP contribution >= 0.6 is 0 Å². The van der Waals surface area contributed by atoms with Crippen LogP contribution in [-0.4, -0.2) is 138 Å². The number of imidazole rings is 1. The molecule has 310 valence electrons. The summed E-state index contributed by atoms with van der Waals surface area (Å²) in [5.41, 5.74) is 2.89. The van der Waals surface area contributed by atoms with Gasteiger partial charge in [0.25, 0.3) is 6.43 Å². The summed E-state index contributed by atoms with van der Waals surface area (Å²) in [7, 11) is 3.32. The fraction of sp³-hybridized carbons (Fsp3) is 0.400. The molecule has 0 saturated carbocycles. The number of hydrogen-bond acceptors (Lipinski definition) is 12. The van der Waals surface area contributed by atoms with E-state index in [9.17, 15) is 22.8 Å². The average molecular weight is 826 g/mol. The molecule has 0 spiro atoms. The molecule has 10 rings (SSSR count). The van der Waals surface area contributed by atoms with Crippen LogP contribution in [0.3, 0.4) is 0 Å². The lowest BCUT2D eigenvalue weighted by Gasteiger charge is -2.55. The number of likely N-dealkylation sites (N-methyl/N-ethyl adjacent to an activating group) is 1. The Labute approximate surface area is 339 Å². The molecular weight excluding hydrogens is 787 g/mol. The highest BCUT2D eigenvalue weighted by atomic mass is 19.3. The summed E-state index contributed by atoms with van der Waals surface area (Å²) in [6.45, 7) is 2.11. The summed E-state index contributed by atoms with van der Waals surface area (Å²) in [5.74, 6) is -0.675. The number of likely N-dealkylation sites (tertiary alicyclic amines) is 1. The molecule has 1 aromatic carbocycles. The molecule has 3 fully saturated rings. The number of alkyl halides is 2. The first-order valence-electron chi connectivity index (χ1n) is 19.6. The summed E-state index contributed by atoms with van der Waals surface area (Å²) in [4.78, 5) is 58.9. The fourth-order valence-electron chi connectivity index (χ4n) is 9.15. The molecule has 3 saturated heterocycles. The number of benzene rings is 1. The van der Waals surface area contributed by atoms with Crippen molar-refractivity contribution in [1.82, 2.24) is 49.1 Å². The lowest BCUT2D eigenvalue weighted by atomic mass is 9.87. The van der Waals surface area contributed by atoms with Gasteiger partial charge in [-0.05, 0) is 50.1 Å². The summed E-state index contributed by atoms with van der Waals surface area (Å²) >= 11 is 0. The maximum atomic E-state index is 15.4. The van der Waals surface area contributed by atoms with Crippen LogP contribution < -0.4 is 15.1 Å². The van der Waals surface area contributed by atoms with Crippen molar-refractivity contribution >= 4 is 51.5 Å². The van der Waals surface area contributed by atoms with Gasteiger partial charge in [-0.25, -0.2) is 32.2 Å². The van der Waals surface area contributed by atoms with Gasteiger partial charge in [-0.2, -0.15) is 15.1 Å². The predicted octanol–water partition coefficient (Wildman–Crippen LogP) is 3.81. The van der Waals surface area contributed by atoms with Gasteiger partial charge in [0, 0.05) is 52.1 Å². The van der Waals surface area contributed by atoms with Crippen LogP contribution in [-0.2, 0) is 20.9 Å². The van der Waals surface area contributed by atoms with E-state index < -0.39 is 48.7 Å². The van der Waals surface area contributed by atoms with Crippen molar-refractivity contribution in [1.29, 1.82) is 0 Å². The van der Waals surface area contributed by atoms with Crippen LogP contribution in [0.1, 0.15) is 18.7 Å². The number of piperazine rings is 1. The Morgan fingerprint density at radius 3 is 2.58 bits per heavy atom. The van der Waals surface area contributed by atoms with E-state index >= 15 is 4.39 Å². The minimum Gasteiger partial charge on any atom is -0.378 e. The van der Waals surface area contributed by atoms with Gasteiger partial charge < -0.3 is 34.2 Å². The number of aromatic nitrogens is 8. The van der Waals surface area contributed by atoms with E-state index in [1.54, 1.807) is 30.2 Å². The lowest BCUT2D eigenvalue weighted by molar-refractivity contribution is -0.142. The number of halogens is 4. The monoisotopic (exact) mass is 825 g/mol. The Morgan fingerprint density at radius 1 is 0.950 bits per heavy atom. The first-order chi connectivity index (χ1) is 28.9. The van der Waals surface area contributed by atoms with Gasteiger partial charge in [0.05, 0.1) is 53.5 Å². The van der Waals surface area contributed by atoms with Crippen molar-refractivity contribution in [3.63, 3.8) is 0 Å². The van der Waals surface area contributed by atoms with Crippen molar-refractivity contribution in [2.45, 2.75) is 63.0 Å². The molecule has 6 aromatic rings. The second kappa shape index (κ2) is 14.4. The average Bonchev–Trinajstić information content (AvgIpc) is 3.92. The molecule has 6 bridgehead atoms. The molecule has 5 aromatic heterocycles. The minimum absolute atomic E-state index is 0.0424. The molecule has 5 atom stereocenters. The molecule has 20 heteroatoms. The van der Waals surface area contributed by atoms with Crippen LogP contribution in [0.4, 0.5) is 35.1 Å². The first-order valence-corrected chi connectivity index (χ1v) is 19.6. The largest absolute Gasteiger partial charge is 0.378 e. The van der Waals surface area contributed by atoms with Gasteiger partial charge in [-0.15, -0.1) is 0 Å². The van der Waals surface area contributed by atoms with E-state index in [1.165, 1.54) is 16.9 Å². The predicted molar refractivity (Wildman–Crippen MR) is 211 cm³/mol. The number of carbonyl (C=O) groups excluding carboxylic acids is 2. The SMILES string of the molecule is CO[C@H]1CN(C)C(=O)[C@@H]2C[C@@H](CN2c2nc(N3[C@@H]4C[C@H]3C(=O)N(CC(F)F)C4)nc3c2cnn3-c2ccc(F)cc2F)Nc2cccc(n2)-c2nccc3nc(C)n(c23)C1. The van der Waals surface area contributed by atoms with Crippen LogP contribution in [0.15, 0.2) is 54.9 Å². The number of carbonyl (C=O) groups is 2. The van der Waals surface area contributed by atoms with E-state index in [4.69, 9.17) is 29.7 Å². The highest BCUT2D eigenvalue weighted by molar-refractivity contribution is 5.95. The van der Waals surface area contributed by atoms with Crippen LogP contribution in [0.5, 0.6) is 0 Å². The number of aryl methyl sites for hydroxylation is 1. The highest BCUT2D eigenvalue weighted by Gasteiger charge is 2.52. The molecule has 0 radical (unpaired) electrons. The molecule has 9 heterocycles. The van der Waals surface area contributed by atoms with Gasteiger partial charge in [-0.1, -0.05) is 6.07 Å². The number of anilines is 3. The third kappa shape index (κ3) is 6.22. The summed E-state index contributed by atoms with van der Waals surface area (Å²) in [6, 6.07) is 8.24. The summed E-state index contributed by atoms with van der Waals surface area (Å²) in [5, 5.41) is 8.38. The highest BCUT2D eigenvalue weighted by Crippen LogP contribution is 2.41. The number of hydrogen-bond donors (Lipinski definition) is 1. The molecule has 2 amide bonds. The van der Waals surface area contributed by atoms with Gasteiger partial charge in [-0.3, -0.25) is 14.6 Å². The quantitative estimate of drug-likeness (QED) is 0.243. The van der Waals surface area contributed by atoms with Crippen LogP contribution in [0.2, 0.25) is 0 Å². The number of fused-ring (bicyclic) bond motifs is 8. The lowest BCUT2D eigenvalue weighted by Crippen LogP contribution is -2.72. The molecule has 0 unspecified atom stereocenters. The number of methoxy groups -OCH3 is 1. The number of ether oxygens (including phenoxy) is 1. The van der Waals surface area contributed by atoms with Crippen molar-refractivity contribution in [2.24, 2.45) is 0 Å². The molecule has 16 nitrogen and oxygen atoms in total. The van der Waals surface area contributed by atoms with E-state index in [0.717, 1.165) is 33.9 Å². The Bertz CT molecular complexity index is 2690. The molecule has 1 N–H and O–H groups in total. The van der Waals surface area contributed by atoms with Gasteiger partial charge in [0.2, 0.25) is 17.8 Å². The number of amides is 2. The molecule has 4 aliphatic heterocycles. The van der Waals surface area contributed by atoms with Crippen molar-refractivity contribution in [3.8, 4) is 17.1 Å². The molecule has 4 aliphatic rings. The van der Waals surface area contributed by atoms with Gasteiger partial charge in [0.15, 0.2) is 11.5 Å². The Hall–Kier alpha value is -6.44. The van der Waals surface area contributed by atoms with Crippen molar-refractivity contribution < 1.29 is 31.9 Å². The smallest absolute Gasteiger partial charge is 0.255 e. The Kier molecular flexibility index (Phi) is 9.06. The Morgan fingerprint density at radius 2 is 1.80 bits per heavy atom. The van der Waals surface area contributed by atoms with E-state index in [2.05, 4.69) is 10.4 Å². The van der Waals surface area contributed by atoms with E-state index in [-0.39, 0.29) is 54.9 Å². The third-order valence-electron chi connectivity index (χ3n) is 12.0. The number of nitrogens with one attached hydrogen (secondary N) is 1. The van der Waals surface area contributed by atoms with Gasteiger partial charge in [0.1, 0.15) is 46.7 Å². The second-order valence-corrected chi connectivity index (χ2v) is 15.7. The number of nitrogens with zero attached hydrogens (tertiary/aromatic N) is 12. The maximum absolute atomic E-state index is 15.4. The molecule has 0 aliphatic carbocycles.